The number of carbonyl (C=O) groups excluding carboxylic acids is 2. The van der Waals surface area contributed by atoms with Crippen LogP contribution in [0.5, 0.6) is 0 Å². The van der Waals surface area contributed by atoms with Gasteiger partial charge in [-0.1, -0.05) is 0 Å². The number of rotatable bonds is 2. The second-order valence-corrected chi connectivity index (χ2v) is 1.93. The van der Waals surface area contributed by atoms with Crippen LogP contribution in [0, 0.1) is 10.1 Å². The highest BCUT2D eigenvalue weighted by atomic mass is 17.0. The summed E-state index contributed by atoms with van der Waals surface area (Å²) in [7, 11) is 0. The molecule has 0 radical (unpaired) electrons. The molecule has 0 aromatic carbocycles. The zero-order valence-corrected chi connectivity index (χ0v) is 5.27. The van der Waals surface area contributed by atoms with Crippen LogP contribution in [-0.2, 0) is 14.4 Å². The lowest BCUT2D eigenvalue weighted by Gasteiger charge is -2.00. The summed E-state index contributed by atoms with van der Waals surface area (Å²) >= 11 is 0. The smallest absolute Gasteiger partial charge is 0.295 e. The van der Waals surface area contributed by atoms with Crippen molar-refractivity contribution in [1.82, 2.24) is 5.32 Å². The number of nitrogens with zero attached hydrogens (tertiary/aromatic N) is 1. The van der Waals surface area contributed by atoms with Gasteiger partial charge >= 0.3 is 0 Å². The Hall–Kier alpha value is -1.66. The van der Waals surface area contributed by atoms with Gasteiger partial charge in [0.2, 0.25) is 5.91 Å². The van der Waals surface area contributed by atoms with Crippen LogP contribution in [0.1, 0.15) is 6.42 Å². The molecule has 60 valence electrons. The van der Waals surface area contributed by atoms with Crippen molar-refractivity contribution in [1.29, 1.82) is 0 Å². The third-order valence-electron chi connectivity index (χ3n) is 1.14. The van der Waals surface area contributed by atoms with Gasteiger partial charge in [0.05, 0.1) is 6.42 Å². The molecule has 1 fully saturated rings. The van der Waals surface area contributed by atoms with Gasteiger partial charge in [-0.25, -0.2) is 0 Å². The first-order chi connectivity index (χ1) is 5.09. The minimum absolute atomic E-state index is 0.278. The standard InChI is InChI=1S/C4H4N2O5/c7-3-1-2(4(8)5-3)11-6(9)10/h2H,1H2,(H,5,7,8). The van der Waals surface area contributed by atoms with Gasteiger partial charge in [-0.3, -0.25) is 14.9 Å². The molecule has 0 aromatic rings. The molecule has 1 atom stereocenters. The first-order valence-electron chi connectivity index (χ1n) is 2.74. The van der Waals surface area contributed by atoms with Crippen LogP contribution in [0.3, 0.4) is 0 Å². The van der Waals surface area contributed by atoms with Crippen molar-refractivity contribution in [3.05, 3.63) is 10.1 Å². The summed E-state index contributed by atoms with van der Waals surface area (Å²) in [6, 6.07) is 0. The number of hydrogen-bond acceptors (Lipinski definition) is 5. The van der Waals surface area contributed by atoms with E-state index in [1.807, 2.05) is 5.32 Å². The first-order valence-corrected chi connectivity index (χ1v) is 2.74. The molecule has 0 spiro atoms. The average Bonchev–Trinajstić information content (AvgIpc) is 2.09. The molecule has 0 aromatic heterocycles. The molecule has 0 aliphatic carbocycles. The molecule has 0 bridgehead atoms. The maximum absolute atomic E-state index is 10.6. The predicted molar refractivity (Wildman–Crippen MR) is 29.6 cm³/mol. The van der Waals surface area contributed by atoms with Crippen molar-refractivity contribution < 1.29 is 19.5 Å². The van der Waals surface area contributed by atoms with E-state index in [9.17, 15) is 19.7 Å². The van der Waals surface area contributed by atoms with Gasteiger partial charge in [0.25, 0.3) is 11.0 Å². The Morgan fingerprint density at radius 1 is 1.64 bits per heavy atom. The second-order valence-electron chi connectivity index (χ2n) is 1.93. The third kappa shape index (κ3) is 1.63. The first kappa shape index (κ1) is 7.45. The van der Waals surface area contributed by atoms with Crippen LogP contribution < -0.4 is 5.32 Å². The van der Waals surface area contributed by atoms with Gasteiger partial charge in [-0.05, 0) is 0 Å². The monoisotopic (exact) mass is 160 g/mol. The minimum Gasteiger partial charge on any atom is -0.300 e. The number of amides is 2. The maximum atomic E-state index is 10.6. The van der Waals surface area contributed by atoms with Crippen LogP contribution >= 0.6 is 0 Å². The van der Waals surface area contributed by atoms with Crippen LogP contribution in [0.4, 0.5) is 0 Å². The Balaban J connectivity index is 2.53. The lowest BCUT2D eigenvalue weighted by molar-refractivity contribution is -0.763. The number of imide groups is 1. The van der Waals surface area contributed by atoms with Crippen molar-refractivity contribution in [3.8, 4) is 0 Å². The fraction of sp³-hybridized carbons (Fsp3) is 0.500. The molecule has 1 aliphatic heterocycles. The molecule has 7 heteroatoms. The lowest BCUT2D eigenvalue weighted by atomic mass is 10.3. The largest absolute Gasteiger partial charge is 0.300 e. The normalized spacial score (nSPS) is 23.1. The number of nitrogens with one attached hydrogen (secondary N) is 1. The highest BCUT2D eigenvalue weighted by Crippen LogP contribution is 2.05. The highest BCUT2D eigenvalue weighted by molar-refractivity contribution is 6.04. The average molecular weight is 160 g/mol. The Morgan fingerprint density at radius 2 is 2.27 bits per heavy atom. The Labute approximate surface area is 60.4 Å². The van der Waals surface area contributed by atoms with Crippen molar-refractivity contribution in [3.63, 3.8) is 0 Å². The van der Waals surface area contributed by atoms with Crippen molar-refractivity contribution in [2.24, 2.45) is 0 Å². The SMILES string of the molecule is O=C1CC(O[N+](=O)[O-])C(=O)N1. The summed E-state index contributed by atoms with van der Waals surface area (Å²) in [5, 5.41) is 10.5. The van der Waals surface area contributed by atoms with Crippen LogP contribution in [-0.4, -0.2) is 23.0 Å². The van der Waals surface area contributed by atoms with Crippen LogP contribution in [0.2, 0.25) is 0 Å². The van der Waals surface area contributed by atoms with Gasteiger partial charge in [0.1, 0.15) is 0 Å². The Morgan fingerprint density at radius 3 is 2.64 bits per heavy atom. The molecular weight excluding hydrogens is 156 g/mol. The molecule has 1 aliphatic rings. The quantitative estimate of drug-likeness (QED) is 0.304. The van der Waals surface area contributed by atoms with Gasteiger partial charge < -0.3 is 4.84 Å². The van der Waals surface area contributed by atoms with Crippen molar-refractivity contribution in [2.75, 3.05) is 0 Å². The van der Waals surface area contributed by atoms with E-state index in [1.165, 1.54) is 0 Å². The zero-order chi connectivity index (χ0) is 8.43. The zero-order valence-electron chi connectivity index (χ0n) is 5.27. The molecule has 11 heavy (non-hydrogen) atoms. The highest BCUT2D eigenvalue weighted by Gasteiger charge is 2.33. The fourth-order valence-corrected chi connectivity index (χ4v) is 0.719. The summed E-state index contributed by atoms with van der Waals surface area (Å²) < 4.78 is 0. The lowest BCUT2D eigenvalue weighted by Crippen LogP contribution is -2.27. The molecule has 2 amide bonds. The summed E-state index contributed by atoms with van der Waals surface area (Å²) in [5.41, 5.74) is 0. The molecule has 1 unspecified atom stereocenters. The minimum atomic E-state index is -1.27. The molecule has 1 heterocycles. The fourth-order valence-electron chi connectivity index (χ4n) is 0.719. The molecule has 0 saturated carbocycles. The van der Waals surface area contributed by atoms with Crippen molar-refractivity contribution >= 4 is 11.8 Å². The maximum Gasteiger partial charge on any atom is 0.295 e. The van der Waals surface area contributed by atoms with E-state index in [4.69, 9.17) is 0 Å². The van der Waals surface area contributed by atoms with Crippen LogP contribution in [0.15, 0.2) is 0 Å². The summed E-state index contributed by atoms with van der Waals surface area (Å²) in [4.78, 5) is 34.6. The molecular formula is C4H4N2O5. The Bertz CT molecular complexity index is 225. The summed E-state index contributed by atoms with van der Waals surface area (Å²) in [6.45, 7) is 0. The summed E-state index contributed by atoms with van der Waals surface area (Å²) in [5.74, 6) is -1.31. The third-order valence-corrected chi connectivity index (χ3v) is 1.14. The van der Waals surface area contributed by atoms with E-state index in [-0.39, 0.29) is 6.42 Å². The topological polar surface area (TPSA) is 98.5 Å². The van der Waals surface area contributed by atoms with Gasteiger partial charge in [0, 0.05) is 0 Å². The van der Waals surface area contributed by atoms with E-state index < -0.39 is 23.0 Å². The van der Waals surface area contributed by atoms with E-state index >= 15 is 0 Å². The van der Waals surface area contributed by atoms with E-state index in [0.717, 1.165) is 0 Å². The summed E-state index contributed by atoms with van der Waals surface area (Å²) in [6.07, 6.45) is -1.54. The molecule has 1 rings (SSSR count). The Kier molecular flexibility index (Phi) is 1.71. The molecule has 1 N–H and O–H groups in total. The van der Waals surface area contributed by atoms with E-state index in [0.29, 0.717) is 0 Å². The van der Waals surface area contributed by atoms with Gasteiger partial charge in [0.15, 0.2) is 6.10 Å². The van der Waals surface area contributed by atoms with Crippen LogP contribution in [0.25, 0.3) is 0 Å². The van der Waals surface area contributed by atoms with Gasteiger partial charge in [-0.2, -0.15) is 0 Å². The van der Waals surface area contributed by atoms with Gasteiger partial charge in [-0.15, -0.1) is 10.1 Å². The number of carbonyl (C=O) groups is 2. The van der Waals surface area contributed by atoms with E-state index in [1.54, 1.807) is 0 Å². The molecule has 7 nitrogen and oxygen atoms in total. The second kappa shape index (κ2) is 2.52. The van der Waals surface area contributed by atoms with E-state index in [2.05, 4.69) is 4.84 Å². The number of hydrogen-bond donors (Lipinski definition) is 1. The molecule has 1 saturated heterocycles. The van der Waals surface area contributed by atoms with Crippen molar-refractivity contribution in [2.45, 2.75) is 12.5 Å². The predicted octanol–water partition coefficient (Wildman–Crippen LogP) is -1.39.